The van der Waals surface area contributed by atoms with Crippen molar-refractivity contribution in [3.8, 4) is 5.69 Å². The molecule has 1 aromatic carbocycles. The van der Waals surface area contributed by atoms with Gasteiger partial charge in [0.2, 0.25) is 5.91 Å². The summed E-state index contributed by atoms with van der Waals surface area (Å²) < 4.78 is 42.0. The van der Waals surface area contributed by atoms with Gasteiger partial charge in [0.1, 0.15) is 11.6 Å². The summed E-state index contributed by atoms with van der Waals surface area (Å²) in [7, 11) is 0. The zero-order chi connectivity index (χ0) is 17.3. The average Bonchev–Trinajstić information content (AvgIpc) is 3.10. The molecule has 1 amide bonds. The zero-order valence-corrected chi connectivity index (χ0v) is 13.0. The number of halogens is 3. The van der Waals surface area contributed by atoms with Gasteiger partial charge in [0.25, 0.3) is 5.92 Å². The lowest BCUT2D eigenvalue weighted by Crippen LogP contribution is -2.40. The molecule has 24 heavy (non-hydrogen) atoms. The van der Waals surface area contributed by atoms with E-state index >= 15 is 0 Å². The molecular weight excluding hydrogens is 321 g/mol. The monoisotopic (exact) mass is 338 g/mol. The van der Waals surface area contributed by atoms with Crippen molar-refractivity contribution in [3.05, 3.63) is 47.8 Å². The molecule has 2 heterocycles. The van der Waals surface area contributed by atoms with Crippen molar-refractivity contribution in [2.45, 2.75) is 31.9 Å². The molecule has 0 radical (unpaired) electrons. The van der Waals surface area contributed by atoms with Crippen LogP contribution in [0.1, 0.15) is 17.8 Å². The molecule has 128 valence electrons. The first-order valence-corrected chi connectivity index (χ1v) is 7.53. The van der Waals surface area contributed by atoms with Crippen LogP contribution in [-0.4, -0.2) is 34.0 Å². The molecule has 5 nitrogen and oxygen atoms in total. The fourth-order valence-corrected chi connectivity index (χ4v) is 2.70. The highest BCUT2D eigenvalue weighted by molar-refractivity contribution is 5.82. The standard InChI is InChI=1S/C16H17F3N4O/c1-10-20-4-5-23(10)14-3-2-11(6-12(14)17)8-21-15(24)13-7-16(18,19)9-22-13/h2-6,13,22H,7-9H2,1H3,(H,21,24). The fraction of sp³-hybridized carbons (Fsp3) is 0.375. The number of aryl methyl sites for hydroxylation is 1. The Morgan fingerprint density at radius 2 is 2.29 bits per heavy atom. The van der Waals surface area contributed by atoms with Gasteiger partial charge in [-0.3, -0.25) is 10.1 Å². The minimum atomic E-state index is -2.86. The largest absolute Gasteiger partial charge is 0.351 e. The van der Waals surface area contributed by atoms with Gasteiger partial charge in [-0.05, 0) is 24.6 Å². The number of hydrogen-bond donors (Lipinski definition) is 2. The summed E-state index contributed by atoms with van der Waals surface area (Å²) in [6.07, 6.45) is 2.71. The molecule has 1 aliphatic rings. The highest BCUT2D eigenvalue weighted by Crippen LogP contribution is 2.25. The molecule has 0 saturated carbocycles. The van der Waals surface area contributed by atoms with E-state index in [-0.39, 0.29) is 6.54 Å². The van der Waals surface area contributed by atoms with Crippen LogP contribution in [0.3, 0.4) is 0 Å². The van der Waals surface area contributed by atoms with E-state index in [9.17, 15) is 18.0 Å². The number of nitrogens with zero attached hydrogens (tertiary/aromatic N) is 2. The molecule has 2 N–H and O–H groups in total. The van der Waals surface area contributed by atoms with Gasteiger partial charge in [0.05, 0.1) is 18.3 Å². The molecule has 1 unspecified atom stereocenters. The molecule has 1 fully saturated rings. The first kappa shape index (κ1) is 16.5. The lowest BCUT2D eigenvalue weighted by molar-refractivity contribution is -0.123. The minimum Gasteiger partial charge on any atom is -0.351 e. The molecule has 8 heteroatoms. The van der Waals surface area contributed by atoms with Gasteiger partial charge in [0.15, 0.2) is 0 Å². The third-order valence-electron chi connectivity index (χ3n) is 3.99. The average molecular weight is 338 g/mol. The number of nitrogens with one attached hydrogen (secondary N) is 2. The van der Waals surface area contributed by atoms with Crippen LogP contribution in [0, 0.1) is 12.7 Å². The van der Waals surface area contributed by atoms with E-state index in [1.54, 1.807) is 36.0 Å². The van der Waals surface area contributed by atoms with E-state index in [1.807, 2.05) is 0 Å². The fourth-order valence-electron chi connectivity index (χ4n) is 2.70. The summed E-state index contributed by atoms with van der Waals surface area (Å²) in [5.41, 5.74) is 0.907. The van der Waals surface area contributed by atoms with Crippen LogP contribution < -0.4 is 10.6 Å². The van der Waals surface area contributed by atoms with Crippen LogP contribution in [0.2, 0.25) is 0 Å². The number of alkyl halides is 2. The Kier molecular flexibility index (Phi) is 4.31. The quantitative estimate of drug-likeness (QED) is 0.896. The van der Waals surface area contributed by atoms with E-state index < -0.39 is 36.7 Å². The SMILES string of the molecule is Cc1nccn1-c1ccc(CNC(=O)C2CC(F)(F)CN2)cc1F. The van der Waals surface area contributed by atoms with Gasteiger partial charge >= 0.3 is 0 Å². The molecule has 2 aromatic rings. The maximum atomic E-state index is 14.2. The third-order valence-corrected chi connectivity index (χ3v) is 3.99. The van der Waals surface area contributed by atoms with Crippen molar-refractivity contribution in [1.29, 1.82) is 0 Å². The Labute approximate surface area is 136 Å². The summed E-state index contributed by atoms with van der Waals surface area (Å²) >= 11 is 0. The molecule has 1 aliphatic heterocycles. The number of hydrogen-bond acceptors (Lipinski definition) is 3. The van der Waals surface area contributed by atoms with Crippen LogP contribution in [-0.2, 0) is 11.3 Å². The predicted octanol–water partition coefficient (Wildman–Crippen LogP) is 1.93. The first-order valence-electron chi connectivity index (χ1n) is 7.53. The van der Waals surface area contributed by atoms with Crippen molar-refractivity contribution in [3.63, 3.8) is 0 Å². The van der Waals surface area contributed by atoms with Gasteiger partial charge in [-0.2, -0.15) is 0 Å². The topological polar surface area (TPSA) is 59.0 Å². The number of benzene rings is 1. The second-order valence-electron chi connectivity index (χ2n) is 5.84. The highest BCUT2D eigenvalue weighted by atomic mass is 19.3. The normalized spacial score (nSPS) is 19.4. The summed E-state index contributed by atoms with van der Waals surface area (Å²) in [5.74, 6) is -3.17. The van der Waals surface area contributed by atoms with Crippen molar-refractivity contribution < 1.29 is 18.0 Å². The maximum absolute atomic E-state index is 14.2. The number of rotatable bonds is 4. The Hall–Kier alpha value is -2.35. The minimum absolute atomic E-state index is 0.0721. The second kappa shape index (κ2) is 6.27. The predicted molar refractivity (Wildman–Crippen MR) is 81.5 cm³/mol. The summed E-state index contributed by atoms with van der Waals surface area (Å²) in [6, 6.07) is 3.66. The van der Waals surface area contributed by atoms with Gasteiger partial charge in [-0.1, -0.05) is 6.07 Å². The van der Waals surface area contributed by atoms with Gasteiger partial charge in [0, 0.05) is 25.4 Å². The van der Waals surface area contributed by atoms with Crippen molar-refractivity contribution >= 4 is 5.91 Å². The van der Waals surface area contributed by atoms with Crippen molar-refractivity contribution in [1.82, 2.24) is 20.2 Å². The molecule has 0 spiro atoms. The first-order chi connectivity index (χ1) is 11.4. The zero-order valence-electron chi connectivity index (χ0n) is 13.0. The number of imidazole rings is 1. The summed E-state index contributed by atoms with van der Waals surface area (Å²) in [4.78, 5) is 15.9. The van der Waals surface area contributed by atoms with E-state index in [1.165, 1.54) is 6.07 Å². The van der Waals surface area contributed by atoms with E-state index in [0.29, 0.717) is 17.1 Å². The van der Waals surface area contributed by atoms with Crippen LogP contribution in [0.4, 0.5) is 13.2 Å². The molecule has 1 saturated heterocycles. The number of aromatic nitrogens is 2. The molecule has 0 aliphatic carbocycles. The summed E-state index contributed by atoms with van der Waals surface area (Å²) in [5, 5.41) is 5.03. The molecule has 0 bridgehead atoms. The lowest BCUT2D eigenvalue weighted by atomic mass is 10.1. The van der Waals surface area contributed by atoms with E-state index in [2.05, 4.69) is 15.6 Å². The number of carbonyl (C=O) groups excluding carboxylic acids is 1. The maximum Gasteiger partial charge on any atom is 0.262 e. The van der Waals surface area contributed by atoms with Crippen molar-refractivity contribution in [2.24, 2.45) is 0 Å². The Bertz CT molecular complexity index is 760. The summed E-state index contributed by atoms with van der Waals surface area (Å²) in [6.45, 7) is 1.33. The second-order valence-corrected chi connectivity index (χ2v) is 5.84. The van der Waals surface area contributed by atoms with Gasteiger partial charge in [-0.15, -0.1) is 0 Å². The van der Waals surface area contributed by atoms with Crippen LogP contribution in [0.15, 0.2) is 30.6 Å². The Morgan fingerprint density at radius 1 is 1.50 bits per heavy atom. The Morgan fingerprint density at radius 3 is 2.88 bits per heavy atom. The molecular formula is C16H17F3N4O. The van der Waals surface area contributed by atoms with Gasteiger partial charge in [-0.25, -0.2) is 18.2 Å². The molecule has 1 aromatic heterocycles. The molecule has 3 rings (SSSR count). The van der Waals surface area contributed by atoms with E-state index in [0.717, 1.165) is 0 Å². The number of carbonyl (C=O) groups is 1. The van der Waals surface area contributed by atoms with Crippen molar-refractivity contribution in [2.75, 3.05) is 6.54 Å². The number of amides is 1. The van der Waals surface area contributed by atoms with E-state index in [4.69, 9.17) is 0 Å². The smallest absolute Gasteiger partial charge is 0.262 e. The molecule has 1 atom stereocenters. The third kappa shape index (κ3) is 3.43. The van der Waals surface area contributed by atoms with Gasteiger partial charge < -0.3 is 9.88 Å². The Balaban J connectivity index is 1.63. The van der Waals surface area contributed by atoms with Crippen LogP contribution >= 0.6 is 0 Å². The highest BCUT2D eigenvalue weighted by Gasteiger charge is 2.42. The lowest BCUT2D eigenvalue weighted by Gasteiger charge is -2.12. The van der Waals surface area contributed by atoms with Crippen LogP contribution in [0.5, 0.6) is 0 Å². The van der Waals surface area contributed by atoms with Crippen LogP contribution in [0.25, 0.3) is 5.69 Å².